The number of carbonyl (C=O) groups excluding carboxylic acids is 2. The first-order valence-electron chi connectivity index (χ1n) is 8.46. The average molecular weight is 411 g/mol. The van der Waals surface area contributed by atoms with Gasteiger partial charge in [-0.25, -0.2) is 9.78 Å². The van der Waals surface area contributed by atoms with Gasteiger partial charge in [0, 0.05) is 23.6 Å². The van der Waals surface area contributed by atoms with Crippen molar-refractivity contribution in [1.29, 1.82) is 0 Å². The second kappa shape index (κ2) is 9.77. The van der Waals surface area contributed by atoms with E-state index >= 15 is 0 Å². The van der Waals surface area contributed by atoms with Gasteiger partial charge in [-0.05, 0) is 28.5 Å². The number of anilines is 1. The minimum absolute atomic E-state index is 0.281. The fourth-order valence-electron chi connectivity index (χ4n) is 2.34. The zero-order valence-corrected chi connectivity index (χ0v) is 16.6. The Balaban J connectivity index is 1.63. The van der Waals surface area contributed by atoms with E-state index < -0.39 is 5.97 Å². The summed E-state index contributed by atoms with van der Waals surface area (Å²) >= 11 is 2.89. The fraction of sp³-hybridized carbons (Fsp3) is 0.0952. The van der Waals surface area contributed by atoms with Crippen LogP contribution in [0.25, 0.3) is 17.3 Å². The molecule has 0 bridgehead atoms. The molecule has 7 heteroatoms. The van der Waals surface area contributed by atoms with Gasteiger partial charge in [-0.2, -0.15) is 11.3 Å². The number of hydrogen-bond donors (Lipinski definition) is 0. The van der Waals surface area contributed by atoms with Crippen LogP contribution >= 0.6 is 22.7 Å². The largest absolute Gasteiger partial charge is 0.452 e. The van der Waals surface area contributed by atoms with E-state index in [4.69, 9.17) is 4.74 Å². The highest BCUT2D eigenvalue weighted by Gasteiger charge is 2.19. The molecule has 3 aromatic rings. The fourth-order valence-corrected chi connectivity index (χ4v) is 3.83. The maximum Gasteiger partial charge on any atom is 0.331 e. The van der Waals surface area contributed by atoms with Gasteiger partial charge in [-0.1, -0.05) is 36.4 Å². The Kier molecular flexibility index (Phi) is 6.89. The van der Waals surface area contributed by atoms with Gasteiger partial charge in [0.25, 0.3) is 5.91 Å². The molecule has 0 N–H and O–H groups in total. The van der Waals surface area contributed by atoms with E-state index in [1.54, 1.807) is 12.2 Å². The predicted molar refractivity (Wildman–Crippen MR) is 114 cm³/mol. The molecule has 0 aliphatic heterocycles. The number of hydrogen-bond acceptors (Lipinski definition) is 6. The summed E-state index contributed by atoms with van der Waals surface area (Å²) in [4.78, 5) is 30.4. The maximum atomic E-state index is 12.6. The SMILES string of the molecule is C=CCN(C(=O)COC(=O)/C=C/c1ccsc1)c1nc(-c2ccccc2)cs1. The molecule has 142 valence electrons. The molecule has 28 heavy (non-hydrogen) atoms. The standard InChI is InChI=1S/C21H18N2O3S2/c1-2-11-23(21-22-18(15-28-21)17-6-4-3-5-7-17)19(24)13-26-20(25)9-8-16-10-12-27-14-16/h2-10,12,14-15H,1,11,13H2/b9-8+. The summed E-state index contributed by atoms with van der Waals surface area (Å²) in [5.74, 6) is -0.923. The van der Waals surface area contributed by atoms with Crippen molar-refractivity contribution in [3.8, 4) is 11.3 Å². The summed E-state index contributed by atoms with van der Waals surface area (Å²) in [6.45, 7) is 3.61. The molecule has 0 spiro atoms. The number of thiazole rings is 1. The van der Waals surface area contributed by atoms with Crippen molar-refractivity contribution in [3.63, 3.8) is 0 Å². The third kappa shape index (κ3) is 5.25. The Morgan fingerprint density at radius 3 is 2.71 bits per heavy atom. The Morgan fingerprint density at radius 1 is 1.18 bits per heavy atom. The van der Waals surface area contributed by atoms with Gasteiger partial charge in [-0.15, -0.1) is 17.9 Å². The molecule has 1 aromatic carbocycles. The Labute approximate surface area is 171 Å². The maximum absolute atomic E-state index is 12.6. The number of thiophene rings is 1. The van der Waals surface area contributed by atoms with Gasteiger partial charge in [0.15, 0.2) is 11.7 Å². The number of nitrogens with zero attached hydrogens (tertiary/aromatic N) is 2. The number of benzene rings is 1. The second-order valence-electron chi connectivity index (χ2n) is 5.67. The second-order valence-corrected chi connectivity index (χ2v) is 7.29. The molecule has 0 aliphatic carbocycles. The molecule has 5 nitrogen and oxygen atoms in total. The number of rotatable bonds is 8. The monoisotopic (exact) mass is 410 g/mol. The zero-order valence-electron chi connectivity index (χ0n) is 15.0. The molecular formula is C21H18N2O3S2. The molecule has 0 aliphatic rings. The molecule has 0 saturated carbocycles. The van der Waals surface area contributed by atoms with Gasteiger partial charge in [0.05, 0.1) is 5.69 Å². The third-order valence-corrected chi connectivity index (χ3v) is 5.26. The molecule has 0 radical (unpaired) electrons. The summed E-state index contributed by atoms with van der Waals surface area (Å²) in [5, 5.41) is 6.25. The topological polar surface area (TPSA) is 59.5 Å². The lowest BCUT2D eigenvalue weighted by atomic mass is 10.2. The van der Waals surface area contributed by atoms with E-state index in [2.05, 4.69) is 11.6 Å². The van der Waals surface area contributed by atoms with Gasteiger partial charge < -0.3 is 4.74 Å². The molecule has 1 amide bonds. The number of ether oxygens (including phenoxy) is 1. The van der Waals surface area contributed by atoms with E-state index in [-0.39, 0.29) is 19.1 Å². The van der Waals surface area contributed by atoms with Crippen LogP contribution in [-0.4, -0.2) is 30.0 Å². The van der Waals surface area contributed by atoms with Crippen LogP contribution < -0.4 is 4.90 Å². The lowest BCUT2D eigenvalue weighted by molar-refractivity contribution is -0.142. The highest BCUT2D eigenvalue weighted by atomic mass is 32.1. The van der Waals surface area contributed by atoms with Crippen LogP contribution in [0.4, 0.5) is 5.13 Å². The molecule has 0 atom stereocenters. The smallest absolute Gasteiger partial charge is 0.331 e. The van der Waals surface area contributed by atoms with Crippen LogP contribution in [0.1, 0.15) is 5.56 Å². The lowest BCUT2D eigenvalue weighted by Gasteiger charge is -2.17. The minimum Gasteiger partial charge on any atom is -0.452 e. The normalized spacial score (nSPS) is 10.7. The highest BCUT2D eigenvalue weighted by molar-refractivity contribution is 7.14. The van der Waals surface area contributed by atoms with Gasteiger partial charge in [0.2, 0.25) is 0 Å². The van der Waals surface area contributed by atoms with E-state index in [1.807, 2.05) is 52.5 Å². The van der Waals surface area contributed by atoms with Crippen molar-refractivity contribution >= 4 is 45.8 Å². The average Bonchev–Trinajstić information content (AvgIpc) is 3.41. The molecule has 0 fully saturated rings. The Morgan fingerprint density at radius 2 is 2.00 bits per heavy atom. The number of esters is 1. The molecular weight excluding hydrogens is 392 g/mol. The number of amides is 1. The predicted octanol–water partition coefficient (Wildman–Crippen LogP) is 4.65. The van der Waals surface area contributed by atoms with Gasteiger partial charge in [0.1, 0.15) is 0 Å². The van der Waals surface area contributed by atoms with Crippen LogP contribution in [-0.2, 0) is 14.3 Å². The number of carbonyl (C=O) groups is 2. The van der Waals surface area contributed by atoms with Crippen molar-refractivity contribution in [3.05, 3.63) is 76.8 Å². The van der Waals surface area contributed by atoms with E-state index in [9.17, 15) is 9.59 Å². The minimum atomic E-state index is -0.567. The first-order valence-corrected chi connectivity index (χ1v) is 10.3. The molecule has 3 rings (SSSR count). The molecule has 2 heterocycles. The van der Waals surface area contributed by atoms with E-state index in [0.29, 0.717) is 5.13 Å². The number of aromatic nitrogens is 1. The van der Waals surface area contributed by atoms with E-state index in [1.165, 1.54) is 33.6 Å². The van der Waals surface area contributed by atoms with Gasteiger partial charge in [-0.3, -0.25) is 9.69 Å². The van der Waals surface area contributed by atoms with Crippen LogP contribution in [0.5, 0.6) is 0 Å². The lowest BCUT2D eigenvalue weighted by Crippen LogP contribution is -2.34. The van der Waals surface area contributed by atoms with Crippen molar-refractivity contribution in [2.24, 2.45) is 0 Å². The van der Waals surface area contributed by atoms with Crippen LogP contribution in [0.2, 0.25) is 0 Å². The van der Waals surface area contributed by atoms with Crippen molar-refractivity contribution in [2.45, 2.75) is 0 Å². The van der Waals surface area contributed by atoms with Gasteiger partial charge >= 0.3 is 5.97 Å². The van der Waals surface area contributed by atoms with Crippen molar-refractivity contribution in [1.82, 2.24) is 4.98 Å². The van der Waals surface area contributed by atoms with Crippen LogP contribution in [0.3, 0.4) is 0 Å². The summed E-state index contributed by atoms with van der Waals surface area (Å²) in [7, 11) is 0. The van der Waals surface area contributed by atoms with Crippen LogP contribution in [0, 0.1) is 0 Å². The summed E-state index contributed by atoms with van der Waals surface area (Å²) in [5.41, 5.74) is 2.68. The first kappa shape index (κ1) is 19.7. The highest BCUT2D eigenvalue weighted by Crippen LogP contribution is 2.27. The van der Waals surface area contributed by atoms with Crippen molar-refractivity contribution in [2.75, 3.05) is 18.1 Å². The molecule has 0 saturated heterocycles. The first-order chi connectivity index (χ1) is 13.7. The molecule has 2 aromatic heterocycles. The Bertz CT molecular complexity index is 963. The van der Waals surface area contributed by atoms with E-state index in [0.717, 1.165) is 16.8 Å². The summed E-state index contributed by atoms with van der Waals surface area (Å²) in [6, 6.07) is 11.6. The quantitative estimate of drug-likeness (QED) is 0.308. The third-order valence-electron chi connectivity index (χ3n) is 3.70. The molecule has 0 unspecified atom stereocenters. The Hall–Kier alpha value is -3.03. The zero-order chi connectivity index (χ0) is 19.8. The summed E-state index contributed by atoms with van der Waals surface area (Å²) in [6.07, 6.45) is 4.57. The van der Waals surface area contributed by atoms with Crippen LogP contribution in [0.15, 0.2) is 71.3 Å². The van der Waals surface area contributed by atoms with Crippen molar-refractivity contribution < 1.29 is 14.3 Å². The summed E-state index contributed by atoms with van der Waals surface area (Å²) < 4.78 is 5.07.